The van der Waals surface area contributed by atoms with E-state index in [2.05, 4.69) is 34.9 Å². The van der Waals surface area contributed by atoms with E-state index in [0.29, 0.717) is 0 Å². The molecule has 1 atom stereocenters. The number of aromatic nitrogens is 2. The fourth-order valence-corrected chi connectivity index (χ4v) is 3.14. The van der Waals surface area contributed by atoms with Crippen molar-refractivity contribution < 1.29 is 4.79 Å². The molecule has 1 amide bonds. The fraction of sp³-hybridized carbons (Fsp3) is 0.412. The number of hydrogen-bond acceptors (Lipinski definition) is 2. The van der Waals surface area contributed by atoms with Crippen LogP contribution in [0.1, 0.15) is 47.8 Å². The Morgan fingerprint density at radius 2 is 2.00 bits per heavy atom. The van der Waals surface area contributed by atoms with Gasteiger partial charge in [0, 0.05) is 43.4 Å². The molecule has 0 radical (unpaired) electrons. The van der Waals surface area contributed by atoms with Crippen LogP contribution in [0.5, 0.6) is 0 Å². The Hall–Kier alpha value is -2.10. The number of nitrogens with zero attached hydrogens (tertiary/aromatic N) is 3. The molecule has 2 aromatic heterocycles. The van der Waals surface area contributed by atoms with Gasteiger partial charge in [-0.3, -0.25) is 9.78 Å². The molecule has 0 saturated carbocycles. The molecule has 3 rings (SSSR count). The Bertz CT molecular complexity index is 606. The van der Waals surface area contributed by atoms with Crippen LogP contribution in [0, 0.1) is 0 Å². The number of carbonyl (C=O) groups excluding carboxylic acids is 1. The molecule has 3 heterocycles. The van der Waals surface area contributed by atoms with E-state index in [4.69, 9.17) is 0 Å². The normalized spacial score (nSPS) is 19.3. The molecule has 2 aromatic rings. The molecule has 0 unspecified atom stereocenters. The van der Waals surface area contributed by atoms with Crippen molar-refractivity contribution in [1.82, 2.24) is 14.5 Å². The molecule has 0 spiro atoms. The van der Waals surface area contributed by atoms with Crippen LogP contribution in [-0.4, -0.2) is 26.9 Å². The zero-order chi connectivity index (χ0) is 14.7. The molecule has 21 heavy (non-hydrogen) atoms. The van der Waals surface area contributed by atoms with E-state index in [9.17, 15) is 4.79 Å². The predicted octanol–water partition coefficient (Wildman–Crippen LogP) is 3.18. The molecule has 0 bridgehead atoms. The van der Waals surface area contributed by atoms with Gasteiger partial charge in [0.05, 0.1) is 6.04 Å². The minimum atomic E-state index is 0.116. The highest BCUT2D eigenvalue weighted by Crippen LogP contribution is 2.31. The summed E-state index contributed by atoms with van der Waals surface area (Å²) < 4.78 is 2.13. The maximum absolute atomic E-state index is 12.9. The maximum atomic E-state index is 12.9. The first-order chi connectivity index (χ1) is 10.3. The smallest absolute Gasteiger partial charge is 0.254 e. The average molecular weight is 283 g/mol. The van der Waals surface area contributed by atoms with E-state index in [1.165, 1.54) is 18.5 Å². The molecule has 0 aliphatic carbocycles. The van der Waals surface area contributed by atoms with E-state index >= 15 is 0 Å². The zero-order valence-electron chi connectivity index (χ0n) is 12.4. The van der Waals surface area contributed by atoms with Crippen LogP contribution in [0.25, 0.3) is 0 Å². The van der Waals surface area contributed by atoms with Crippen LogP contribution in [0.2, 0.25) is 0 Å². The number of pyridine rings is 1. The first-order valence-electron chi connectivity index (χ1n) is 7.59. The molecule has 1 saturated heterocycles. The highest BCUT2D eigenvalue weighted by atomic mass is 16.2. The summed E-state index contributed by atoms with van der Waals surface area (Å²) in [5, 5.41) is 0. The van der Waals surface area contributed by atoms with Gasteiger partial charge in [-0.2, -0.15) is 0 Å². The van der Waals surface area contributed by atoms with Crippen LogP contribution in [-0.2, 0) is 7.05 Å². The van der Waals surface area contributed by atoms with E-state index in [-0.39, 0.29) is 11.9 Å². The van der Waals surface area contributed by atoms with Crippen molar-refractivity contribution in [3.8, 4) is 0 Å². The van der Waals surface area contributed by atoms with Crippen LogP contribution < -0.4 is 0 Å². The first-order valence-corrected chi connectivity index (χ1v) is 7.59. The molecular weight excluding hydrogens is 262 g/mol. The number of aryl methyl sites for hydroxylation is 1. The van der Waals surface area contributed by atoms with E-state index in [0.717, 1.165) is 24.9 Å². The van der Waals surface area contributed by atoms with E-state index in [1.54, 1.807) is 24.5 Å². The summed E-state index contributed by atoms with van der Waals surface area (Å²) in [7, 11) is 2.05. The zero-order valence-corrected chi connectivity index (χ0v) is 12.4. The highest BCUT2D eigenvalue weighted by Gasteiger charge is 2.28. The number of rotatable bonds is 2. The second-order valence-corrected chi connectivity index (χ2v) is 5.64. The Morgan fingerprint density at radius 3 is 2.71 bits per heavy atom. The highest BCUT2D eigenvalue weighted by molar-refractivity contribution is 5.94. The van der Waals surface area contributed by atoms with Gasteiger partial charge < -0.3 is 9.47 Å². The molecule has 1 aliphatic heterocycles. The summed E-state index contributed by atoms with van der Waals surface area (Å²) in [6.07, 6.45) is 9.91. The predicted molar refractivity (Wildman–Crippen MR) is 81.9 cm³/mol. The Labute approximate surface area is 125 Å². The minimum Gasteiger partial charge on any atom is -0.353 e. The molecule has 110 valence electrons. The van der Waals surface area contributed by atoms with E-state index < -0.39 is 0 Å². The van der Waals surface area contributed by atoms with Gasteiger partial charge in [0.2, 0.25) is 0 Å². The second-order valence-electron chi connectivity index (χ2n) is 5.64. The molecule has 1 fully saturated rings. The van der Waals surface area contributed by atoms with Crippen molar-refractivity contribution in [1.29, 1.82) is 0 Å². The summed E-state index contributed by atoms with van der Waals surface area (Å²) in [6.45, 7) is 0.830. The van der Waals surface area contributed by atoms with Crippen LogP contribution in [0.15, 0.2) is 42.9 Å². The third-order valence-electron chi connectivity index (χ3n) is 4.27. The maximum Gasteiger partial charge on any atom is 0.254 e. The Morgan fingerprint density at radius 1 is 1.19 bits per heavy atom. The lowest BCUT2D eigenvalue weighted by Crippen LogP contribution is -2.35. The number of amides is 1. The largest absolute Gasteiger partial charge is 0.353 e. The fourth-order valence-electron chi connectivity index (χ4n) is 3.14. The van der Waals surface area contributed by atoms with Gasteiger partial charge in [-0.15, -0.1) is 0 Å². The van der Waals surface area contributed by atoms with Crippen molar-refractivity contribution in [2.75, 3.05) is 6.54 Å². The van der Waals surface area contributed by atoms with Crippen molar-refractivity contribution in [3.05, 3.63) is 54.1 Å². The monoisotopic (exact) mass is 283 g/mol. The van der Waals surface area contributed by atoms with Crippen LogP contribution in [0.3, 0.4) is 0 Å². The van der Waals surface area contributed by atoms with Gasteiger partial charge >= 0.3 is 0 Å². The number of hydrogen-bond donors (Lipinski definition) is 0. The summed E-state index contributed by atoms with van der Waals surface area (Å²) in [6, 6.07) is 7.95. The van der Waals surface area contributed by atoms with Crippen molar-refractivity contribution in [2.24, 2.45) is 7.05 Å². The van der Waals surface area contributed by atoms with Gasteiger partial charge in [-0.05, 0) is 37.1 Å². The standard InChI is InChI=1S/C17H21N3O/c1-19-12-5-7-15(19)16-6-3-2-4-13-20(16)17(21)14-8-10-18-11-9-14/h5,7-12,16H,2-4,6,13H2,1H3/t16-/m1/s1. The minimum absolute atomic E-state index is 0.116. The summed E-state index contributed by atoms with van der Waals surface area (Å²) >= 11 is 0. The van der Waals surface area contributed by atoms with Gasteiger partial charge in [-0.1, -0.05) is 12.8 Å². The lowest BCUT2D eigenvalue weighted by Gasteiger charge is -2.30. The SMILES string of the molecule is Cn1cccc1[C@H]1CCCCCN1C(=O)c1ccncc1. The average Bonchev–Trinajstić information content (AvgIpc) is 2.80. The summed E-state index contributed by atoms with van der Waals surface area (Å²) in [5.74, 6) is 0.116. The van der Waals surface area contributed by atoms with Crippen LogP contribution in [0.4, 0.5) is 0 Å². The molecule has 4 heteroatoms. The third-order valence-corrected chi connectivity index (χ3v) is 4.27. The van der Waals surface area contributed by atoms with Gasteiger partial charge in [0.25, 0.3) is 5.91 Å². The molecular formula is C17H21N3O. The molecule has 4 nitrogen and oxygen atoms in total. The Kier molecular flexibility index (Phi) is 4.04. The first kappa shape index (κ1) is 13.9. The lowest BCUT2D eigenvalue weighted by atomic mass is 10.1. The van der Waals surface area contributed by atoms with Crippen molar-refractivity contribution in [3.63, 3.8) is 0 Å². The second kappa shape index (κ2) is 6.12. The molecule has 1 aliphatic rings. The van der Waals surface area contributed by atoms with Gasteiger partial charge in [-0.25, -0.2) is 0 Å². The summed E-state index contributed by atoms with van der Waals surface area (Å²) in [4.78, 5) is 18.9. The number of carbonyl (C=O) groups is 1. The van der Waals surface area contributed by atoms with Gasteiger partial charge in [0.1, 0.15) is 0 Å². The van der Waals surface area contributed by atoms with Crippen LogP contribution >= 0.6 is 0 Å². The van der Waals surface area contributed by atoms with Gasteiger partial charge in [0.15, 0.2) is 0 Å². The summed E-state index contributed by atoms with van der Waals surface area (Å²) in [5.41, 5.74) is 1.95. The Balaban J connectivity index is 1.92. The van der Waals surface area contributed by atoms with Crippen molar-refractivity contribution in [2.45, 2.75) is 31.7 Å². The van der Waals surface area contributed by atoms with E-state index in [1.807, 2.05) is 4.90 Å². The quantitative estimate of drug-likeness (QED) is 0.849. The third kappa shape index (κ3) is 2.84. The van der Waals surface area contributed by atoms with Crippen molar-refractivity contribution >= 4 is 5.91 Å². The lowest BCUT2D eigenvalue weighted by molar-refractivity contribution is 0.0674. The topological polar surface area (TPSA) is 38.1 Å². The number of likely N-dealkylation sites (tertiary alicyclic amines) is 1. The molecule has 0 N–H and O–H groups in total. The molecule has 0 aromatic carbocycles.